The molecule has 2 saturated carbocycles. The molecule has 0 unspecified atom stereocenters. The number of rotatable bonds is 4. The Labute approximate surface area is 199 Å². The average Bonchev–Trinajstić information content (AvgIpc) is 3.55. The largest absolute Gasteiger partial charge is 0.351 e. The molecule has 1 spiro atoms. The third-order valence-electron chi connectivity index (χ3n) is 8.29. The molecule has 6 rings (SSSR count). The summed E-state index contributed by atoms with van der Waals surface area (Å²) in [5.74, 6) is 0.833. The van der Waals surface area contributed by atoms with Gasteiger partial charge in [0.15, 0.2) is 5.65 Å². The third-order valence-corrected chi connectivity index (χ3v) is 8.29. The first-order valence-electron chi connectivity index (χ1n) is 12.6. The molecule has 3 aromatic rings. The molecule has 1 aromatic carbocycles. The number of hydrogen-bond donors (Lipinski definition) is 1. The summed E-state index contributed by atoms with van der Waals surface area (Å²) in [6.07, 6.45) is 10.8. The van der Waals surface area contributed by atoms with E-state index >= 15 is 0 Å². The highest BCUT2D eigenvalue weighted by atomic mass is 16.2. The molecule has 1 saturated heterocycles. The van der Waals surface area contributed by atoms with Crippen LogP contribution in [0.2, 0.25) is 0 Å². The van der Waals surface area contributed by atoms with Crippen molar-refractivity contribution in [2.75, 3.05) is 16.8 Å². The second kappa shape index (κ2) is 8.25. The van der Waals surface area contributed by atoms with Crippen LogP contribution in [0, 0.1) is 5.41 Å². The minimum atomic E-state index is 0.00169. The lowest BCUT2D eigenvalue weighted by molar-refractivity contribution is -0.118. The lowest BCUT2D eigenvalue weighted by Crippen LogP contribution is -2.36. The molecular formula is C26H32N6O2. The van der Waals surface area contributed by atoms with Gasteiger partial charge in [0.2, 0.25) is 11.9 Å². The predicted octanol–water partition coefficient (Wildman–Crippen LogP) is 4.02. The van der Waals surface area contributed by atoms with E-state index in [-0.39, 0.29) is 29.1 Å². The summed E-state index contributed by atoms with van der Waals surface area (Å²) in [6, 6.07) is 10.5. The Kier molecular flexibility index (Phi) is 5.19. The van der Waals surface area contributed by atoms with E-state index in [1.165, 1.54) is 0 Å². The number of amides is 1. The number of carbonyl (C=O) groups is 1. The van der Waals surface area contributed by atoms with Crippen LogP contribution in [0.5, 0.6) is 0 Å². The van der Waals surface area contributed by atoms with Gasteiger partial charge in [-0.1, -0.05) is 31.0 Å². The zero-order valence-corrected chi connectivity index (χ0v) is 19.7. The van der Waals surface area contributed by atoms with Crippen molar-refractivity contribution in [2.24, 2.45) is 12.5 Å². The van der Waals surface area contributed by atoms with E-state index in [9.17, 15) is 9.59 Å². The minimum absolute atomic E-state index is 0.00169. The molecule has 2 aromatic heterocycles. The van der Waals surface area contributed by atoms with Crippen LogP contribution < -0.4 is 15.9 Å². The first-order chi connectivity index (χ1) is 16.5. The number of nitrogens with zero attached hydrogens (tertiary/aromatic N) is 5. The summed E-state index contributed by atoms with van der Waals surface area (Å²) in [5.41, 5.74) is 2.60. The highest BCUT2D eigenvalue weighted by Gasteiger charge is 2.45. The van der Waals surface area contributed by atoms with Crippen LogP contribution in [0.25, 0.3) is 11.2 Å². The maximum Gasteiger partial charge on any atom is 0.330 e. The summed E-state index contributed by atoms with van der Waals surface area (Å²) in [5, 5.41) is 3.53. The number of fused-ring (bicyclic) bond motifs is 1. The van der Waals surface area contributed by atoms with Gasteiger partial charge in [-0.25, -0.2) is 9.78 Å². The van der Waals surface area contributed by atoms with Crippen LogP contribution >= 0.6 is 0 Å². The van der Waals surface area contributed by atoms with Gasteiger partial charge in [-0.05, 0) is 56.1 Å². The molecule has 34 heavy (non-hydrogen) atoms. The van der Waals surface area contributed by atoms with Crippen LogP contribution in [-0.4, -0.2) is 37.6 Å². The second-order valence-electron chi connectivity index (χ2n) is 10.5. The van der Waals surface area contributed by atoms with E-state index in [1.54, 1.807) is 17.8 Å². The van der Waals surface area contributed by atoms with Gasteiger partial charge < -0.3 is 10.2 Å². The Bertz CT molecular complexity index is 1270. The van der Waals surface area contributed by atoms with E-state index < -0.39 is 0 Å². The molecule has 0 radical (unpaired) electrons. The van der Waals surface area contributed by atoms with Gasteiger partial charge in [-0.15, -0.1) is 0 Å². The number of hydrogen-bond acceptors (Lipinski definition) is 5. The number of anilines is 2. The van der Waals surface area contributed by atoms with Gasteiger partial charge in [-0.2, -0.15) is 4.98 Å². The Hall–Kier alpha value is -3.16. The Morgan fingerprint density at radius 2 is 1.76 bits per heavy atom. The first kappa shape index (κ1) is 21.4. The molecule has 178 valence electrons. The highest BCUT2D eigenvalue weighted by molar-refractivity contribution is 5.96. The molecule has 2 aliphatic carbocycles. The van der Waals surface area contributed by atoms with Crippen molar-refractivity contribution >= 4 is 28.7 Å². The van der Waals surface area contributed by atoms with Crippen molar-refractivity contribution in [3.8, 4) is 0 Å². The van der Waals surface area contributed by atoms with Gasteiger partial charge >= 0.3 is 5.69 Å². The van der Waals surface area contributed by atoms with Gasteiger partial charge in [0.05, 0.1) is 6.20 Å². The number of carbonyl (C=O) groups excluding carboxylic acids is 1. The Morgan fingerprint density at radius 1 is 1.03 bits per heavy atom. The van der Waals surface area contributed by atoms with Crippen molar-refractivity contribution in [1.82, 2.24) is 19.1 Å². The fraction of sp³-hybridized carbons (Fsp3) is 0.538. The average molecular weight is 461 g/mol. The van der Waals surface area contributed by atoms with Crippen LogP contribution in [0.3, 0.4) is 0 Å². The molecule has 3 heterocycles. The number of benzene rings is 1. The monoisotopic (exact) mass is 460 g/mol. The molecule has 1 aliphatic heterocycles. The quantitative estimate of drug-likeness (QED) is 0.636. The summed E-state index contributed by atoms with van der Waals surface area (Å²) >= 11 is 0. The Morgan fingerprint density at radius 3 is 2.50 bits per heavy atom. The highest BCUT2D eigenvalue weighted by Crippen LogP contribution is 2.46. The predicted molar refractivity (Wildman–Crippen MR) is 132 cm³/mol. The second-order valence-corrected chi connectivity index (χ2v) is 10.5. The van der Waals surface area contributed by atoms with Gasteiger partial charge in [0, 0.05) is 37.8 Å². The number of para-hydroxylation sites is 1. The van der Waals surface area contributed by atoms with Crippen molar-refractivity contribution in [1.29, 1.82) is 0 Å². The van der Waals surface area contributed by atoms with E-state index in [0.29, 0.717) is 12.4 Å². The summed E-state index contributed by atoms with van der Waals surface area (Å²) in [6.45, 7) is 0.808. The molecule has 3 aliphatic rings. The van der Waals surface area contributed by atoms with Gasteiger partial charge in [0.25, 0.3) is 0 Å². The third kappa shape index (κ3) is 3.60. The maximum atomic E-state index is 12.9. The number of imidazole rings is 1. The number of aromatic nitrogens is 4. The SMILES string of the molecule is Cn1c(=O)n(C2CCCC2)c2nc(NC3CCC4(CC3)CC(=O)N(c3ccccc3)C4)ncc21. The van der Waals surface area contributed by atoms with Gasteiger partial charge in [-0.3, -0.25) is 13.9 Å². The van der Waals surface area contributed by atoms with E-state index in [0.717, 1.165) is 74.8 Å². The minimum Gasteiger partial charge on any atom is -0.351 e. The van der Waals surface area contributed by atoms with Crippen LogP contribution in [0.1, 0.15) is 63.8 Å². The lowest BCUT2D eigenvalue weighted by Gasteiger charge is -2.36. The fourth-order valence-electron chi connectivity index (χ4n) is 6.33. The van der Waals surface area contributed by atoms with Crippen molar-refractivity contribution in [3.05, 3.63) is 47.0 Å². The van der Waals surface area contributed by atoms with E-state index in [2.05, 4.69) is 10.3 Å². The molecule has 3 fully saturated rings. The van der Waals surface area contributed by atoms with Crippen molar-refractivity contribution in [2.45, 2.75) is 69.9 Å². The summed E-state index contributed by atoms with van der Waals surface area (Å²) in [7, 11) is 1.80. The smallest absolute Gasteiger partial charge is 0.330 e. The summed E-state index contributed by atoms with van der Waals surface area (Å²) in [4.78, 5) is 37.0. The summed E-state index contributed by atoms with van der Waals surface area (Å²) < 4.78 is 3.55. The molecule has 8 heteroatoms. The standard InChI is InChI=1S/C26H32N6O2/c1-30-21-16-27-24(29-23(21)32(25(30)34)20-9-5-6-10-20)28-18-11-13-26(14-12-18)15-22(33)31(17-26)19-7-3-2-4-8-19/h2-4,7-8,16,18,20H,5-6,9-15,17H2,1H3,(H,27,28,29). The van der Waals surface area contributed by atoms with Gasteiger partial charge in [0.1, 0.15) is 5.52 Å². The van der Waals surface area contributed by atoms with Crippen LogP contribution in [-0.2, 0) is 11.8 Å². The maximum absolute atomic E-state index is 12.9. The van der Waals surface area contributed by atoms with Crippen LogP contribution in [0.15, 0.2) is 41.3 Å². The number of nitrogens with one attached hydrogen (secondary N) is 1. The normalized spacial score (nSPS) is 25.6. The van der Waals surface area contributed by atoms with Crippen molar-refractivity contribution < 1.29 is 4.79 Å². The molecule has 0 atom stereocenters. The fourth-order valence-corrected chi connectivity index (χ4v) is 6.33. The Balaban J connectivity index is 1.16. The topological polar surface area (TPSA) is 85.0 Å². The van der Waals surface area contributed by atoms with E-state index in [1.807, 2.05) is 39.8 Å². The van der Waals surface area contributed by atoms with E-state index in [4.69, 9.17) is 4.98 Å². The molecule has 0 bridgehead atoms. The first-order valence-corrected chi connectivity index (χ1v) is 12.6. The lowest BCUT2D eigenvalue weighted by atomic mass is 9.72. The molecular weight excluding hydrogens is 428 g/mol. The zero-order valence-electron chi connectivity index (χ0n) is 19.7. The number of aryl methyl sites for hydroxylation is 1. The zero-order chi connectivity index (χ0) is 23.3. The molecule has 1 amide bonds. The van der Waals surface area contributed by atoms with Crippen LogP contribution in [0.4, 0.5) is 11.6 Å². The molecule has 8 nitrogen and oxygen atoms in total. The molecule has 1 N–H and O–H groups in total. The van der Waals surface area contributed by atoms with Crippen molar-refractivity contribution in [3.63, 3.8) is 0 Å².